The third kappa shape index (κ3) is 3.68. The van der Waals surface area contributed by atoms with Crippen LogP contribution in [0.3, 0.4) is 0 Å². The van der Waals surface area contributed by atoms with Gasteiger partial charge in [-0.2, -0.15) is 0 Å². The van der Waals surface area contributed by atoms with Crippen molar-refractivity contribution in [1.82, 2.24) is 0 Å². The molecule has 0 amide bonds. The third-order valence-electron chi connectivity index (χ3n) is 2.98. The van der Waals surface area contributed by atoms with Gasteiger partial charge in [0.2, 0.25) is 10.0 Å². The van der Waals surface area contributed by atoms with Crippen LogP contribution in [0.15, 0.2) is 51.3 Å². The van der Waals surface area contributed by atoms with Crippen molar-refractivity contribution in [2.45, 2.75) is 18.2 Å². The molecule has 110 valence electrons. The Balaban J connectivity index is 2.30. The molecule has 0 aliphatic carbocycles. The van der Waals surface area contributed by atoms with Crippen LogP contribution in [0.25, 0.3) is 17.4 Å². The second kappa shape index (κ2) is 6.07. The Labute approximate surface area is 123 Å². The van der Waals surface area contributed by atoms with E-state index < -0.39 is 10.0 Å². The van der Waals surface area contributed by atoms with E-state index in [4.69, 9.17) is 9.56 Å². The summed E-state index contributed by atoms with van der Waals surface area (Å²) in [6, 6.07) is 9.59. The summed E-state index contributed by atoms with van der Waals surface area (Å²) in [4.78, 5) is 10.8. The number of aldehydes is 1. The van der Waals surface area contributed by atoms with Gasteiger partial charge in [0, 0.05) is 5.56 Å². The van der Waals surface area contributed by atoms with Gasteiger partial charge in [-0.15, -0.1) is 0 Å². The molecule has 1 heterocycles. The van der Waals surface area contributed by atoms with Crippen LogP contribution in [-0.2, 0) is 14.8 Å². The molecule has 21 heavy (non-hydrogen) atoms. The fourth-order valence-corrected chi connectivity index (χ4v) is 2.31. The van der Waals surface area contributed by atoms with Crippen molar-refractivity contribution in [2.75, 3.05) is 0 Å². The Bertz CT molecular complexity index is 770. The van der Waals surface area contributed by atoms with Crippen LogP contribution < -0.4 is 5.14 Å². The Kier molecular flexibility index (Phi) is 4.40. The molecule has 6 heteroatoms. The van der Waals surface area contributed by atoms with E-state index in [0.717, 1.165) is 11.8 Å². The second-order valence-electron chi connectivity index (χ2n) is 4.46. The number of allylic oxidation sites excluding steroid dienone is 1. The predicted molar refractivity (Wildman–Crippen MR) is 79.8 cm³/mol. The van der Waals surface area contributed by atoms with Gasteiger partial charge in [-0.05, 0) is 54.5 Å². The highest BCUT2D eigenvalue weighted by molar-refractivity contribution is 7.89. The highest BCUT2D eigenvalue weighted by atomic mass is 32.2. The third-order valence-corrected chi connectivity index (χ3v) is 3.91. The number of hydrogen-bond donors (Lipinski definition) is 1. The first kappa shape index (κ1) is 15.2. The average molecular weight is 305 g/mol. The molecule has 2 rings (SSSR count). The van der Waals surface area contributed by atoms with E-state index in [2.05, 4.69) is 0 Å². The van der Waals surface area contributed by atoms with Gasteiger partial charge < -0.3 is 4.42 Å². The van der Waals surface area contributed by atoms with E-state index in [0.29, 0.717) is 23.5 Å². The van der Waals surface area contributed by atoms with Crippen molar-refractivity contribution in [1.29, 1.82) is 0 Å². The van der Waals surface area contributed by atoms with Gasteiger partial charge in [0.15, 0.2) is 0 Å². The first-order valence-corrected chi connectivity index (χ1v) is 7.87. The summed E-state index contributed by atoms with van der Waals surface area (Å²) < 4.78 is 28.0. The van der Waals surface area contributed by atoms with E-state index >= 15 is 0 Å². The van der Waals surface area contributed by atoms with Gasteiger partial charge in [0.25, 0.3) is 0 Å². The van der Waals surface area contributed by atoms with Crippen LogP contribution in [0.4, 0.5) is 0 Å². The summed E-state index contributed by atoms with van der Waals surface area (Å²) in [7, 11) is -3.70. The van der Waals surface area contributed by atoms with E-state index in [1.807, 2.05) is 6.92 Å². The topological polar surface area (TPSA) is 90.4 Å². The molecule has 1 aromatic carbocycles. The Morgan fingerprint density at radius 3 is 2.38 bits per heavy atom. The summed E-state index contributed by atoms with van der Waals surface area (Å²) in [6.45, 7) is 1.88. The molecular weight excluding hydrogens is 290 g/mol. The zero-order valence-corrected chi connectivity index (χ0v) is 12.3. The Morgan fingerprint density at radius 2 is 1.86 bits per heavy atom. The van der Waals surface area contributed by atoms with Crippen LogP contribution in [0.1, 0.15) is 19.1 Å². The molecule has 1 aromatic heterocycles. The van der Waals surface area contributed by atoms with Gasteiger partial charge in [0.05, 0.1) is 4.90 Å². The molecule has 2 N–H and O–H groups in total. The molecule has 0 aliphatic heterocycles. The lowest BCUT2D eigenvalue weighted by molar-refractivity contribution is -0.104. The Hall–Kier alpha value is -2.18. The van der Waals surface area contributed by atoms with Crippen molar-refractivity contribution in [3.63, 3.8) is 0 Å². The standard InChI is InChI=1S/C15H15NO4S/c1-2-11(10-17)9-13-5-8-15(20-13)12-3-6-14(7-4-12)21(16,18)19/h3-10H,2H2,1H3,(H2,16,18,19). The summed E-state index contributed by atoms with van der Waals surface area (Å²) in [5, 5.41) is 5.04. The molecule has 0 bridgehead atoms. The lowest BCUT2D eigenvalue weighted by Gasteiger charge is -2.00. The fourth-order valence-electron chi connectivity index (χ4n) is 1.80. The van der Waals surface area contributed by atoms with E-state index in [1.54, 1.807) is 30.3 Å². The first-order valence-electron chi connectivity index (χ1n) is 6.33. The number of furan rings is 1. The van der Waals surface area contributed by atoms with Crippen molar-refractivity contribution < 1.29 is 17.6 Å². The molecule has 0 fully saturated rings. The fraction of sp³-hybridized carbons (Fsp3) is 0.133. The van der Waals surface area contributed by atoms with Crippen molar-refractivity contribution in [2.24, 2.45) is 5.14 Å². The van der Waals surface area contributed by atoms with E-state index in [9.17, 15) is 13.2 Å². The molecule has 0 spiro atoms. The molecule has 0 saturated carbocycles. The average Bonchev–Trinajstić information content (AvgIpc) is 2.92. The van der Waals surface area contributed by atoms with Crippen LogP contribution in [-0.4, -0.2) is 14.7 Å². The lowest BCUT2D eigenvalue weighted by Crippen LogP contribution is -2.11. The highest BCUT2D eigenvalue weighted by Crippen LogP contribution is 2.24. The van der Waals surface area contributed by atoms with Crippen LogP contribution in [0, 0.1) is 0 Å². The monoisotopic (exact) mass is 305 g/mol. The SMILES string of the molecule is CCC(C=O)=Cc1ccc(-c2ccc(S(N)(=O)=O)cc2)o1. The minimum absolute atomic E-state index is 0.0483. The number of benzene rings is 1. The number of sulfonamides is 1. The molecule has 2 aromatic rings. The van der Waals surface area contributed by atoms with Gasteiger partial charge in [-0.3, -0.25) is 4.79 Å². The first-order chi connectivity index (χ1) is 9.94. The molecule has 0 radical (unpaired) electrons. The molecule has 0 unspecified atom stereocenters. The lowest BCUT2D eigenvalue weighted by atomic mass is 10.2. The number of nitrogens with two attached hydrogens (primary N) is 1. The number of carbonyl (C=O) groups is 1. The number of carbonyl (C=O) groups excluding carboxylic acids is 1. The maximum atomic E-state index is 11.2. The molecule has 0 saturated heterocycles. The minimum atomic E-state index is -3.70. The van der Waals surface area contributed by atoms with Gasteiger partial charge >= 0.3 is 0 Å². The normalized spacial score (nSPS) is 12.4. The molecular formula is C15H15NO4S. The van der Waals surface area contributed by atoms with E-state index in [1.165, 1.54) is 12.1 Å². The second-order valence-corrected chi connectivity index (χ2v) is 6.02. The summed E-state index contributed by atoms with van der Waals surface area (Å²) in [5.74, 6) is 1.16. The van der Waals surface area contributed by atoms with E-state index in [-0.39, 0.29) is 4.90 Å². The van der Waals surface area contributed by atoms with Crippen LogP contribution in [0.2, 0.25) is 0 Å². The van der Waals surface area contributed by atoms with Gasteiger partial charge in [0.1, 0.15) is 17.8 Å². The summed E-state index contributed by atoms with van der Waals surface area (Å²) in [6.07, 6.45) is 3.10. The maximum absolute atomic E-state index is 11.2. The summed E-state index contributed by atoms with van der Waals surface area (Å²) in [5.41, 5.74) is 1.37. The quantitative estimate of drug-likeness (QED) is 0.679. The molecule has 0 atom stereocenters. The highest BCUT2D eigenvalue weighted by Gasteiger charge is 2.09. The Morgan fingerprint density at radius 1 is 1.19 bits per heavy atom. The van der Waals surface area contributed by atoms with Crippen molar-refractivity contribution in [3.05, 3.63) is 47.7 Å². The smallest absolute Gasteiger partial charge is 0.238 e. The van der Waals surface area contributed by atoms with Crippen LogP contribution in [0.5, 0.6) is 0 Å². The van der Waals surface area contributed by atoms with Crippen molar-refractivity contribution in [3.8, 4) is 11.3 Å². The number of hydrogen-bond acceptors (Lipinski definition) is 4. The molecule has 0 aliphatic rings. The zero-order valence-electron chi connectivity index (χ0n) is 11.4. The number of primary sulfonamides is 1. The number of rotatable bonds is 5. The largest absolute Gasteiger partial charge is 0.457 e. The van der Waals surface area contributed by atoms with Crippen molar-refractivity contribution >= 4 is 22.4 Å². The zero-order chi connectivity index (χ0) is 15.5. The molecule has 5 nitrogen and oxygen atoms in total. The minimum Gasteiger partial charge on any atom is -0.457 e. The van der Waals surface area contributed by atoms with Gasteiger partial charge in [-0.1, -0.05) is 6.92 Å². The van der Waals surface area contributed by atoms with Gasteiger partial charge in [-0.25, -0.2) is 13.6 Å². The summed E-state index contributed by atoms with van der Waals surface area (Å²) >= 11 is 0. The van der Waals surface area contributed by atoms with Crippen LogP contribution >= 0.6 is 0 Å². The maximum Gasteiger partial charge on any atom is 0.238 e. The predicted octanol–water partition coefficient (Wildman–Crippen LogP) is 2.59.